The summed E-state index contributed by atoms with van der Waals surface area (Å²) in [6.45, 7) is -0.385. The maximum absolute atomic E-state index is 14.2. The Kier molecular flexibility index (Phi) is 3.52. The van der Waals surface area contributed by atoms with E-state index in [2.05, 4.69) is 4.99 Å². The van der Waals surface area contributed by atoms with Crippen molar-refractivity contribution in [2.24, 2.45) is 16.6 Å². The molecule has 0 saturated carbocycles. The van der Waals surface area contributed by atoms with Crippen LogP contribution < -0.4 is 11.5 Å². The number of nitrogen functional groups attached to an aromatic ring is 1. The number of fused-ring (bicyclic) bond motifs is 1. The number of ether oxygens (including phenoxy) is 1. The molecule has 4 N–H and O–H groups in total. The highest BCUT2D eigenvalue weighted by atomic mass is 32.2. The van der Waals surface area contributed by atoms with Crippen molar-refractivity contribution in [3.05, 3.63) is 29.6 Å². The Morgan fingerprint density at radius 1 is 1.32 bits per heavy atom. The third-order valence-corrected chi connectivity index (χ3v) is 4.87. The molecule has 2 aliphatic rings. The summed E-state index contributed by atoms with van der Waals surface area (Å²) in [6.07, 6.45) is -6.55. The number of amidine groups is 1. The molecule has 2 heterocycles. The summed E-state index contributed by atoms with van der Waals surface area (Å²) in [4.78, 5) is 4.15. The van der Waals surface area contributed by atoms with E-state index in [4.69, 9.17) is 16.2 Å². The Bertz CT molecular complexity index is 636. The number of benzene rings is 1. The molecule has 3 atom stereocenters. The molecular weight excluding hydrogens is 322 g/mol. The molecule has 0 amide bonds. The molecule has 2 aliphatic heterocycles. The molecule has 1 aromatic carbocycles. The van der Waals surface area contributed by atoms with Crippen molar-refractivity contribution >= 4 is 22.6 Å². The average molecular weight is 335 g/mol. The SMILES string of the molecule is NC1=NC2(c3cc(N)ccc3F)COC(C(F)(F)F)C2CS1. The zero-order valence-electron chi connectivity index (χ0n) is 11.2. The highest BCUT2D eigenvalue weighted by molar-refractivity contribution is 8.13. The van der Waals surface area contributed by atoms with Gasteiger partial charge in [-0.25, -0.2) is 9.38 Å². The van der Waals surface area contributed by atoms with Crippen molar-refractivity contribution in [1.29, 1.82) is 0 Å². The Balaban J connectivity index is 2.15. The number of nitrogens with two attached hydrogens (primary N) is 2. The number of rotatable bonds is 1. The molecule has 0 aliphatic carbocycles. The molecule has 0 bridgehead atoms. The number of alkyl halides is 3. The minimum absolute atomic E-state index is 0.00694. The molecule has 22 heavy (non-hydrogen) atoms. The van der Waals surface area contributed by atoms with Crippen LogP contribution in [0.3, 0.4) is 0 Å². The van der Waals surface area contributed by atoms with Crippen LogP contribution in [0.15, 0.2) is 23.2 Å². The molecule has 9 heteroatoms. The summed E-state index contributed by atoms with van der Waals surface area (Å²) in [6, 6.07) is 3.76. The van der Waals surface area contributed by atoms with Gasteiger partial charge in [0.2, 0.25) is 0 Å². The van der Waals surface area contributed by atoms with Crippen LogP contribution in [0.1, 0.15) is 5.56 Å². The Morgan fingerprint density at radius 2 is 2.05 bits per heavy atom. The smallest absolute Gasteiger partial charge is 0.399 e. The summed E-state index contributed by atoms with van der Waals surface area (Å²) < 4.78 is 58.7. The first-order valence-electron chi connectivity index (χ1n) is 6.46. The van der Waals surface area contributed by atoms with E-state index in [9.17, 15) is 17.6 Å². The second-order valence-electron chi connectivity index (χ2n) is 5.30. The van der Waals surface area contributed by atoms with Crippen LogP contribution in [-0.2, 0) is 10.3 Å². The fraction of sp³-hybridized carbons (Fsp3) is 0.462. The average Bonchev–Trinajstić information content (AvgIpc) is 2.80. The lowest BCUT2D eigenvalue weighted by Gasteiger charge is -2.36. The van der Waals surface area contributed by atoms with Gasteiger partial charge in [0.1, 0.15) is 11.4 Å². The lowest BCUT2D eigenvalue weighted by atomic mass is 9.78. The summed E-state index contributed by atoms with van der Waals surface area (Å²) in [5, 5.41) is 0.115. The monoisotopic (exact) mass is 335 g/mol. The first kappa shape index (κ1) is 15.4. The summed E-state index contributed by atoms with van der Waals surface area (Å²) in [7, 11) is 0. The number of aliphatic imine (C=N–C) groups is 1. The van der Waals surface area contributed by atoms with E-state index in [1.54, 1.807) is 0 Å². The standard InChI is InChI=1S/C13H13F4N3OS/c14-9-2-1-6(18)3-7(9)12-5-21-10(13(15,16)17)8(12)4-22-11(19)20-12/h1-3,8,10H,4-5,18H2,(H2,19,20). The predicted octanol–water partition coefficient (Wildman–Crippen LogP) is 2.24. The van der Waals surface area contributed by atoms with Crippen molar-refractivity contribution < 1.29 is 22.3 Å². The number of thioether (sulfide) groups is 1. The Labute approximate surface area is 127 Å². The van der Waals surface area contributed by atoms with E-state index < -0.39 is 29.6 Å². The molecule has 4 nitrogen and oxygen atoms in total. The van der Waals surface area contributed by atoms with E-state index >= 15 is 0 Å². The van der Waals surface area contributed by atoms with Crippen LogP contribution in [-0.4, -0.2) is 29.8 Å². The minimum Gasteiger partial charge on any atom is -0.399 e. The normalized spacial score (nSPS) is 31.7. The number of nitrogens with zero attached hydrogens (tertiary/aromatic N) is 1. The van der Waals surface area contributed by atoms with Gasteiger partial charge >= 0.3 is 6.18 Å². The van der Waals surface area contributed by atoms with Crippen LogP contribution in [0.25, 0.3) is 0 Å². The first-order chi connectivity index (χ1) is 10.2. The second-order valence-corrected chi connectivity index (χ2v) is 6.34. The molecule has 1 fully saturated rings. The van der Waals surface area contributed by atoms with Crippen molar-refractivity contribution in [2.75, 3.05) is 18.1 Å². The molecule has 0 radical (unpaired) electrons. The van der Waals surface area contributed by atoms with Crippen molar-refractivity contribution in [3.8, 4) is 0 Å². The van der Waals surface area contributed by atoms with Crippen molar-refractivity contribution in [1.82, 2.24) is 0 Å². The number of hydrogen-bond acceptors (Lipinski definition) is 5. The molecule has 1 saturated heterocycles. The quantitative estimate of drug-likeness (QED) is 0.610. The number of halogens is 4. The first-order valence-corrected chi connectivity index (χ1v) is 7.44. The van der Waals surface area contributed by atoms with E-state index in [1.807, 2.05) is 0 Å². The Hall–Kier alpha value is -1.48. The van der Waals surface area contributed by atoms with E-state index in [0.29, 0.717) is 0 Å². The van der Waals surface area contributed by atoms with Crippen molar-refractivity contribution in [2.45, 2.75) is 17.8 Å². The lowest BCUT2D eigenvalue weighted by Crippen LogP contribution is -2.46. The van der Waals surface area contributed by atoms with Crippen LogP contribution >= 0.6 is 11.8 Å². The fourth-order valence-electron chi connectivity index (χ4n) is 2.97. The van der Waals surface area contributed by atoms with E-state index in [-0.39, 0.29) is 28.8 Å². The summed E-state index contributed by atoms with van der Waals surface area (Å²) >= 11 is 1.01. The number of anilines is 1. The molecular formula is C13H13F4N3OS. The van der Waals surface area contributed by atoms with Crippen LogP contribution in [0.2, 0.25) is 0 Å². The van der Waals surface area contributed by atoms with Gasteiger partial charge in [-0.3, -0.25) is 0 Å². The lowest BCUT2D eigenvalue weighted by molar-refractivity contribution is -0.215. The largest absolute Gasteiger partial charge is 0.415 e. The molecule has 1 aromatic rings. The van der Waals surface area contributed by atoms with Gasteiger partial charge in [-0.05, 0) is 18.2 Å². The number of hydrogen-bond donors (Lipinski definition) is 2. The third kappa shape index (κ3) is 2.32. The topological polar surface area (TPSA) is 73.6 Å². The highest BCUT2D eigenvalue weighted by Gasteiger charge is 2.61. The van der Waals surface area contributed by atoms with Gasteiger partial charge in [0.15, 0.2) is 11.3 Å². The van der Waals surface area contributed by atoms with Crippen LogP contribution in [0, 0.1) is 11.7 Å². The Morgan fingerprint density at radius 3 is 2.73 bits per heavy atom. The zero-order chi connectivity index (χ0) is 16.1. The van der Waals surface area contributed by atoms with Gasteiger partial charge in [0.05, 0.1) is 6.61 Å². The highest BCUT2D eigenvalue weighted by Crippen LogP contribution is 2.51. The second kappa shape index (κ2) is 5.02. The zero-order valence-corrected chi connectivity index (χ0v) is 12.0. The fourth-order valence-corrected chi connectivity index (χ4v) is 4.00. The molecule has 0 aromatic heterocycles. The maximum Gasteiger partial charge on any atom is 0.415 e. The molecule has 120 valence electrons. The van der Waals surface area contributed by atoms with E-state index in [1.165, 1.54) is 12.1 Å². The molecule has 0 spiro atoms. The molecule has 3 unspecified atom stereocenters. The predicted molar refractivity (Wildman–Crippen MR) is 75.9 cm³/mol. The third-order valence-electron chi connectivity index (χ3n) is 3.96. The van der Waals surface area contributed by atoms with Crippen molar-refractivity contribution in [3.63, 3.8) is 0 Å². The van der Waals surface area contributed by atoms with Gasteiger partial charge in [0.25, 0.3) is 0 Å². The van der Waals surface area contributed by atoms with Gasteiger partial charge in [-0.2, -0.15) is 13.2 Å². The van der Waals surface area contributed by atoms with Crippen LogP contribution in [0.4, 0.5) is 23.2 Å². The van der Waals surface area contributed by atoms with Crippen LogP contribution in [0.5, 0.6) is 0 Å². The van der Waals surface area contributed by atoms with E-state index in [0.717, 1.165) is 17.8 Å². The summed E-state index contributed by atoms with van der Waals surface area (Å²) in [5.74, 6) is -1.68. The summed E-state index contributed by atoms with van der Waals surface area (Å²) in [5.41, 5.74) is 10.1. The van der Waals surface area contributed by atoms with Gasteiger partial charge in [-0.1, -0.05) is 11.8 Å². The maximum atomic E-state index is 14.2. The van der Waals surface area contributed by atoms with Gasteiger partial charge in [-0.15, -0.1) is 0 Å². The minimum atomic E-state index is -4.55. The van der Waals surface area contributed by atoms with Gasteiger partial charge < -0.3 is 16.2 Å². The molecule has 3 rings (SSSR count). The van der Waals surface area contributed by atoms with Gasteiger partial charge in [0, 0.05) is 22.9 Å².